The zero-order valence-corrected chi connectivity index (χ0v) is 19.9. The maximum atomic E-state index is 13.4. The van der Waals surface area contributed by atoms with Crippen LogP contribution in [0.1, 0.15) is 40.4 Å². The quantitative estimate of drug-likeness (QED) is 0.429. The van der Waals surface area contributed by atoms with Crippen molar-refractivity contribution in [2.45, 2.75) is 38.2 Å². The Bertz CT molecular complexity index is 1270. The van der Waals surface area contributed by atoms with Crippen molar-refractivity contribution in [3.63, 3.8) is 0 Å². The van der Waals surface area contributed by atoms with Crippen molar-refractivity contribution in [1.29, 1.82) is 0 Å². The van der Waals surface area contributed by atoms with Crippen molar-refractivity contribution in [2.75, 3.05) is 26.2 Å². The molecule has 1 N–H and O–H groups in total. The zero-order valence-electron chi connectivity index (χ0n) is 19.9. The molecule has 5 nitrogen and oxygen atoms in total. The van der Waals surface area contributed by atoms with Crippen LogP contribution >= 0.6 is 0 Å². The summed E-state index contributed by atoms with van der Waals surface area (Å²) in [4.78, 5) is 31.4. The van der Waals surface area contributed by atoms with Crippen LogP contribution in [-0.4, -0.2) is 58.7 Å². The van der Waals surface area contributed by atoms with Crippen molar-refractivity contribution < 1.29 is 35.9 Å². The van der Waals surface area contributed by atoms with Crippen LogP contribution in [0.5, 0.6) is 0 Å². The SMILES string of the molecule is CC(=O)CCN1CCN(C(=O)c2cc(C(F)(F)F)cc(C(F)(F)F)c2)[C@H](Cc2c[nH]c3ccccc23)C1. The van der Waals surface area contributed by atoms with E-state index in [0.29, 0.717) is 44.6 Å². The highest BCUT2D eigenvalue weighted by Gasteiger charge is 2.39. The minimum Gasteiger partial charge on any atom is -0.361 e. The molecule has 0 spiro atoms. The third-order valence-electron chi connectivity index (χ3n) is 6.57. The van der Waals surface area contributed by atoms with Gasteiger partial charge in [0.15, 0.2) is 0 Å². The second-order valence-electron chi connectivity index (χ2n) is 9.26. The minimum absolute atomic E-state index is 0.00432. The monoisotopic (exact) mass is 525 g/mol. The van der Waals surface area contributed by atoms with Crippen molar-refractivity contribution in [3.05, 3.63) is 70.9 Å². The number of halogens is 6. The molecular weight excluding hydrogens is 500 g/mol. The number of aromatic amines is 1. The Kier molecular flexibility index (Phi) is 7.36. The first-order chi connectivity index (χ1) is 17.3. The molecule has 1 atom stereocenters. The van der Waals surface area contributed by atoms with Gasteiger partial charge < -0.3 is 9.88 Å². The van der Waals surface area contributed by atoms with Crippen LogP contribution in [0, 0.1) is 0 Å². The van der Waals surface area contributed by atoms with Crippen LogP contribution < -0.4 is 0 Å². The molecule has 0 bridgehead atoms. The third kappa shape index (κ3) is 6.15. The summed E-state index contributed by atoms with van der Waals surface area (Å²) in [5.74, 6) is -0.900. The van der Waals surface area contributed by atoms with Gasteiger partial charge in [0.1, 0.15) is 5.78 Å². The summed E-state index contributed by atoms with van der Waals surface area (Å²) in [5, 5.41) is 0.911. The summed E-state index contributed by atoms with van der Waals surface area (Å²) in [6.07, 6.45) is -7.68. The van der Waals surface area contributed by atoms with Gasteiger partial charge in [0.25, 0.3) is 5.91 Å². The van der Waals surface area contributed by atoms with Gasteiger partial charge in [0, 0.05) is 61.3 Å². The number of Topliss-reactive ketones (excluding diaryl/α,β-unsaturated/α-hetero) is 1. The Morgan fingerprint density at radius 3 is 2.24 bits per heavy atom. The van der Waals surface area contributed by atoms with Gasteiger partial charge in [-0.25, -0.2) is 0 Å². The lowest BCUT2D eigenvalue weighted by Gasteiger charge is -2.41. The van der Waals surface area contributed by atoms with Crippen LogP contribution in [0.3, 0.4) is 0 Å². The summed E-state index contributed by atoms with van der Waals surface area (Å²) in [6.45, 7) is 2.68. The highest BCUT2D eigenvalue weighted by Crippen LogP contribution is 2.37. The first kappa shape index (κ1) is 26.7. The Hall–Kier alpha value is -3.34. The van der Waals surface area contributed by atoms with Gasteiger partial charge >= 0.3 is 12.4 Å². The summed E-state index contributed by atoms with van der Waals surface area (Å²) >= 11 is 0. The van der Waals surface area contributed by atoms with Gasteiger partial charge in [-0.3, -0.25) is 14.5 Å². The van der Waals surface area contributed by atoms with E-state index >= 15 is 0 Å². The molecule has 198 valence electrons. The largest absolute Gasteiger partial charge is 0.416 e. The van der Waals surface area contributed by atoms with E-state index in [9.17, 15) is 35.9 Å². The lowest BCUT2D eigenvalue weighted by molar-refractivity contribution is -0.143. The van der Waals surface area contributed by atoms with E-state index in [2.05, 4.69) is 4.98 Å². The maximum absolute atomic E-state index is 13.4. The first-order valence-electron chi connectivity index (χ1n) is 11.7. The normalized spacial score (nSPS) is 17.4. The second kappa shape index (κ2) is 10.2. The van der Waals surface area contributed by atoms with E-state index in [-0.39, 0.29) is 18.4 Å². The standard InChI is InChI=1S/C26H25F6N3O2/c1-16(36)6-7-34-8-9-35(21(15-34)12-18-14-33-23-5-3-2-4-22(18)23)24(37)17-10-19(25(27,28)29)13-20(11-17)26(30,31)32/h2-5,10-11,13-14,21,33H,6-9,12,15H2,1H3/t21-/m1/s1. The average molecular weight is 525 g/mol. The summed E-state index contributed by atoms with van der Waals surface area (Å²) < 4.78 is 80.3. The van der Waals surface area contributed by atoms with Crippen LogP contribution in [0.4, 0.5) is 26.3 Å². The summed E-state index contributed by atoms with van der Waals surface area (Å²) in [5.41, 5.74) is -1.99. The number of ketones is 1. The topological polar surface area (TPSA) is 56.4 Å². The highest BCUT2D eigenvalue weighted by atomic mass is 19.4. The molecule has 2 aromatic carbocycles. The lowest BCUT2D eigenvalue weighted by atomic mass is 9.98. The molecule has 1 amide bonds. The van der Waals surface area contributed by atoms with E-state index in [4.69, 9.17) is 0 Å². The van der Waals surface area contributed by atoms with Gasteiger partial charge in [0.2, 0.25) is 0 Å². The number of carbonyl (C=O) groups is 2. The fourth-order valence-electron chi connectivity index (χ4n) is 4.68. The van der Waals surface area contributed by atoms with Crippen LogP contribution in [0.25, 0.3) is 10.9 Å². The molecule has 11 heteroatoms. The van der Waals surface area contributed by atoms with Gasteiger partial charge in [-0.05, 0) is 43.2 Å². The molecule has 1 aliphatic heterocycles. The van der Waals surface area contributed by atoms with Crippen LogP contribution in [0.2, 0.25) is 0 Å². The Morgan fingerprint density at radius 2 is 1.62 bits per heavy atom. The molecular formula is C26H25F6N3O2. The number of para-hydroxylation sites is 1. The minimum atomic E-state index is -5.05. The molecule has 1 aromatic heterocycles. The molecule has 0 aliphatic carbocycles. The number of hydrogen-bond donors (Lipinski definition) is 1. The predicted molar refractivity (Wildman–Crippen MR) is 125 cm³/mol. The maximum Gasteiger partial charge on any atom is 0.416 e. The molecule has 0 radical (unpaired) electrons. The number of benzene rings is 2. The Balaban J connectivity index is 1.68. The van der Waals surface area contributed by atoms with Crippen molar-refractivity contribution in [3.8, 4) is 0 Å². The lowest BCUT2D eigenvalue weighted by Crippen LogP contribution is -2.56. The number of aromatic nitrogens is 1. The van der Waals surface area contributed by atoms with Gasteiger partial charge in [-0.2, -0.15) is 26.3 Å². The van der Waals surface area contributed by atoms with Crippen LogP contribution in [0.15, 0.2) is 48.7 Å². The Labute approximate surface area is 209 Å². The fraction of sp³-hybridized carbons (Fsp3) is 0.385. The molecule has 4 rings (SSSR count). The van der Waals surface area contributed by atoms with E-state index in [1.807, 2.05) is 29.2 Å². The smallest absolute Gasteiger partial charge is 0.361 e. The summed E-state index contributed by atoms with van der Waals surface area (Å²) in [6, 6.07) is 7.91. The number of alkyl halides is 6. The van der Waals surface area contributed by atoms with E-state index in [1.165, 1.54) is 11.8 Å². The molecule has 1 aliphatic rings. The van der Waals surface area contributed by atoms with Crippen molar-refractivity contribution >= 4 is 22.6 Å². The van der Waals surface area contributed by atoms with E-state index < -0.39 is 41.0 Å². The molecule has 37 heavy (non-hydrogen) atoms. The third-order valence-corrected chi connectivity index (χ3v) is 6.57. The molecule has 1 fully saturated rings. The number of piperazine rings is 1. The number of carbonyl (C=O) groups excluding carboxylic acids is 2. The zero-order chi connectivity index (χ0) is 27.0. The number of rotatable bonds is 6. The van der Waals surface area contributed by atoms with Crippen molar-refractivity contribution in [1.82, 2.24) is 14.8 Å². The molecule has 1 saturated heterocycles. The average Bonchev–Trinajstić information content (AvgIpc) is 3.24. The summed E-state index contributed by atoms with van der Waals surface area (Å²) in [7, 11) is 0. The Morgan fingerprint density at radius 1 is 0.973 bits per heavy atom. The first-order valence-corrected chi connectivity index (χ1v) is 11.7. The predicted octanol–water partition coefficient (Wildman–Crippen LogP) is 5.55. The number of amides is 1. The molecule has 3 aromatic rings. The number of hydrogen-bond acceptors (Lipinski definition) is 3. The van der Waals surface area contributed by atoms with E-state index in [0.717, 1.165) is 16.5 Å². The molecule has 2 heterocycles. The molecule has 0 unspecified atom stereocenters. The number of fused-ring (bicyclic) bond motifs is 1. The second-order valence-corrected chi connectivity index (χ2v) is 9.26. The van der Waals surface area contributed by atoms with Gasteiger partial charge in [-0.1, -0.05) is 18.2 Å². The molecule has 0 saturated carbocycles. The number of nitrogens with one attached hydrogen (secondary N) is 1. The number of H-pyrrole nitrogens is 1. The van der Waals surface area contributed by atoms with Gasteiger partial charge in [0.05, 0.1) is 11.1 Å². The highest BCUT2D eigenvalue weighted by molar-refractivity contribution is 5.95. The fourth-order valence-corrected chi connectivity index (χ4v) is 4.68. The van der Waals surface area contributed by atoms with Crippen LogP contribution in [-0.2, 0) is 23.6 Å². The number of nitrogens with zero attached hydrogens (tertiary/aromatic N) is 2. The van der Waals surface area contributed by atoms with Gasteiger partial charge in [-0.15, -0.1) is 0 Å². The van der Waals surface area contributed by atoms with Crippen molar-refractivity contribution in [2.24, 2.45) is 0 Å². The van der Waals surface area contributed by atoms with E-state index in [1.54, 1.807) is 6.20 Å².